The van der Waals surface area contributed by atoms with Crippen molar-refractivity contribution in [1.29, 1.82) is 0 Å². The molecule has 0 N–H and O–H groups in total. The summed E-state index contributed by atoms with van der Waals surface area (Å²) in [7, 11) is 0. The lowest BCUT2D eigenvalue weighted by atomic mass is 10.1. The Hall–Kier alpha value is -1.64. The summed E-state index contributed by atoms with van der Waals surface area (Å²) in [4.78, 5) is 4.13. The smallest absolute Gasteiger partial charge is 0.319 e. The Bertz CT molecular complexity index is 823. The van der Waals surface area contributed by atoms with Crippen molar-refractivity contribution in [2.75, 3.05) is 0 Å². The highest BCUT2D eigenvalue weighted by atomic mass is 127. The molecule has 2 nitrogen and oxygen atoms in total. The molecule has 0 saturated carbocycles. The van der Waals surface area contributed by atoms with E-state index in [0.717, 1.165) is 21.2 Å². The van der Waals surface area contributed by atoms with Crippen LogP contribution in [0.5, 0.6) is 0 Å². The molecule has 2 aromatic heterocycles. The molecule has 0 aliphatic heterocycles. The van der Waals surface area contributed by atoms with Gasteiger partial charge in [-0.25, -0.2) is 4.39 Å². The Kier molecular flexibility index (Phi) is 3.39. The van der Waals surface area contributed by atoms with Crippen molar-refractivity contribution in [1.82, 2.24) is 9.38 Å². The third-order valence-electron chi connectivity index (χ3n) is 3.01. The predicted molar refractivity (Wildman–Crippen MR) is 78.3 cm³/mol. The summed E-state index contributed by atoms with van der Waals surface area (Å²) in [5, 5.41) is 0. The first kappa shape index (κ1) is 14.3. The number of aromatic nitrogens is 2. The lowest BCUT2D eigenvalue weighted by Crippen LogP contribution is -2.08. The van der Waals surface area contributed by atoms with Gasteiger partial charge in [-0.1, -0.05) is 0 Å². The van der Waals surface area contributed by atoms with Crippen LogP contribution in [0, 0.1) is 9.39 Å². The van der Waals surface area contributed by atoms with Crippen LogP contribution >= 0.6 is 22.6 Å². The minimum Gasteiger partial charge on any atom is -0.319 e. The van der Waals surface area contributed by atoms with Crippen LogP contribution in [-0.4, -0.2) is 9.38 Å². The Morgan fingerprint density at radius 2 is 1.86 bits per heavy atom. The van der Waals surface area contributed by atoms with Gasteiger partial charge in [0.15, 0.2) is 0 Å². The van der Waals surface area contributed by atoms with E-state index in [9.17, 15) is 17.6 Å². The number of fused-ring (bicyclic) bond motifs is 1. The summed E-state index contributed by atoms with van der Waals surface area (Å²) >= 11 is 2.13. The van der Waals surface area contributed by atoms with E-state index in [1.54, 1.807) is 16.8 Å². The molecule has 2 heterocycles. The van der Waals surface area contributed by atoms with Crippen LogP contribution in [0.1, 0.15) is 5.56 Å². The molecular weight excluding hydrogens is 399 g/mol. The summed E-state index contributed by atoms with van der Waals surface area (Å²) in [5.41, 5.74) is 0.111. The van der Waals surface area contributed by atoms with Crippen LogP contribution in [0.3, 0.4) is 0 Å². The second-order valence-electron chi connectivity index (χ2n) is 4.46. The zero-order chi connectivity index (χ0) is 15.2. The van der Waals surface area contributed by atoms with Crippen LogP contribution in [0.15, 0.2) is 42.9 Å². The molecule has 0 amide bonds. The molecule has 7 heteroatoms. The van der Waals surface area contributed by atoms with Gasteiger partial charge in [0, 0.05) is 21.5 Å². The second-order valence-corrected chi connectivity index (χ2v) is 5.70. The third kappa shape index (κ3) is 2.74. The molecular formula is C14H7F4IN2. The number of alkyl halides is 3. The quantitative estimate of drug-likeness (QED) is 0.421. The average Bonchev–Trinajstić information content (AvgIpc) is 2.77. The number of hydrogen-bond donors (Lipinski definition) is 0. The molecule has 21 heavy (non-hydrogen) atoms. The van der Waals surface area contributed by atoms with E-state index >= 15 is 0 Å². The fraction of sp³-hybridized carbons (Fsp3) is 0.0714. The van der Waals surface area contributed by atoms with Gasteiger partial charge in [-0.3, -0.25) is 4.98 Å². The highest BCUT2D eigenvalue weighted by molar-refractivity contribution is 14.1. The van der Waals surface area contributed by atoms with Gasteiger partial charge in [-0.2, -0.15) is 13.2 Å². The molecule has 3 aromatic rings. The summed E-state index contributed by atoms with van der Waals surface area (Å²) in [5.74, 6) is -1.29. The van der Waals surface area contributed by atoms with Gasteiger partial charge in [-0.05, 0) is 46.9 Å². The van der Waals surface area contributed by atoms with Crippen molar-refractivity contribution in [3.05, 3.63) is 57.8 Å². The van der Waals surface area contributed by atoms with Gasteiger partial charge in [0.25, 0.3) is 0 Å². The van der Waals surface area contributed by atoms with Gasteiger partial charge < -0.3 is 4.40 Å². The molecule has 3 rings (SSSR count). The summed E-state index contributed by atoms with van der Waals surface area (Å²) in [6, 6.07) is 4.76. The normalized spacial score (nSPS) is 12.0. The Labute approximate surface area is 130 Å². The first-order valence-corrected chi connectivity index (χ1v) is 6.93. The van der Waals surface area contributed by atoms with Crippen molar-refractivity contribution >= 4 is 28.1 Å². The van der Waals surface area contributed by atoms with Crippen LogP contribution in [0.2, 0.25) is 0 Å². The molecule has 0 bridgehead atoms. The molecule has 0 atom stereocenters. The number of hydrogen-bond acceptors (Lipinski definition) is 1. The van der Waals surface area contributed by atoms with Crippen LogP contribution in [-0.2, 0) is 6.18 Å². The number of benzene rings is 1. The number of nitrogens with zero attached hydrogens (tertiary/aromatic N) is 2. The third-order valence-corrected chi connectivity index (χ3v) is 3.60. The maximum Gasteiger partial charge on any atom is 0.419 e. The molecule has 0 aliphatic carbocycles. The molecule has 1 aromatic carbocycles. The highest BCUT2D eigenvalue weighted by Gasteiger charge is 2.34. The fourth-order valence-corrected chi connectivity index (χ4v) is 2.65. The van der Waals surface area contributed by atoms with E-state index in [2.05, 4.69) is 27.6 Å². The van der Waals surface area contributed by atoms with E-state index in [4.69, 9.17) is 0 Å². The van der Waals surface area contributed by atoms with E-state index in [1.165, 1.54) is 6.07 Å². The van der Waals surface area contributed by atoms with Crippen molar-refractivity contribution in [2.24, 2.45) is 0 Å². The monoisotopic (exact) mass is 406 g/mol. The lowest BCUT2D eigenvalue weighted by Gasteiger charge is -2.10. The van der Waals surface area contributed by atoms with Crippen LogP contribution in [0.25, 0.3) is 16.8 Å². The zero-order valence-electron chi connectivity index (χ0n) is 10.3. The first-order valence-electron chi connectivity index (χ1n) is 5.85. The molecule has 0 fully saturated rings. The second kappa shape index (κ2) is 4.97. The van der Waals surface area contributed by atoms with Gasteiger partial charge in [0.2, 0.25) is 0 Å². The Morgan fingerprint density at radius 3 is 2.57 bits per heavy atom. The van der Waals surface area contributed by atoms with Crippen LogP contribution in [0.4, 0.5) is 17.6 Å². The van der Waals surface area contributed by atoms with Crippen LogP contribution < -0.4 is 0 Å². The van der Waals surface area contributed by atoms with Crippen molar-refractivity contribution in [3.63, 3.8) is 0 Å². The number of rotatable bonds is 1. The van der Waals surface area contributed by atoms with Gasteiger partial charge in [0.1, 0.15) is 5.82 Å². The van der Waals surface area contributed by atoms with E-state index < -0.39 is 17.6 Å². The van der Waals surface area contributed by atoms with Gasteiger partial charge >= 0.3 is 6.18 Å². The molecule has 0 radical (unpaired) electrons. The molecule has 0 spiro atoms. The Morgan fingerprint density at radius 1 is 1.10 bits per heavy atom. The van der Waals surface area contributed by atoms with Gasteiger partial charge in [-0.15, -0.1) is 0 Å². The first-order chi connectivity index (χ1) is 9.84. The average molecular weight is 406 g/mol. The maximum absolute atomic E-state index is 13.3. The SMILES string of the molecule is Fc1ccc(-c2cn3cc(I)cc3cn2)cc1C(F)(F)F. The fourth-order valence-electron chi connectivity index (χ4n) is 2.03. The molecule has 108 valence electrons. The highest BCUT2D eigenvalue weighted by Crippen LogP contribution is 2.33. The summed E-state index contributed by atoms with van der Waals surface area (Å²) in [6.07, 6.45) is 0.279. The standard InChI is InChI=1S/C14H7F4IN2/c15-12-2-1-8(3-11(12)14(16,17)18)13-7-21-6-9(19)4-10(21)5-20-13/h1-7H. The zero-order valence-corrected chi connectivity index (χ0v) is 12.5. The number of halogens is 5. The predicted octanol–water partition coefficient (Wildman–Crippen LogP) is 4.76. The minimum absolute atomic E-state index is 0.217. The molecule has 0 aliphatic rings. The minimum atomic E-state index is -4.73. The Balaban J connectivity index is 2.13. The largest absolute Gasteiger partial charge is 0.419 e. The van der Waals surface area contributed by atoms with E-state index in [-0.39, 0.29) is 5.56 Å². The van der Waals surface area contributed by atoms with Crippen molar-refractivity contribution in [2.45, 2.75) is 6.18 Å². The van der Waals surface area contributed by atoms with E-state index in [0.29, 0.717) is 5.69 Å². The molecule has 0 saturated heterocycles. The van der Waals surface area contributed by atoms with Gasteiger partial charge in [0.05, 0.1) is 23.0 Å². The van der Waals surface area contributed by atoms with Crippen molar-refractivity contribution in [3.8, 4) is 11.3 Å². The molecule has 0 unspecified atom stereocenters. The summed E-state index contributed by atoms with van der Waals surface area (Å²) < 4.78 is 54.2. The lowest BCUT2D eigenvalue weighted by molar-refractivity contribution is -0.139. The topological polar surface area (TPSA) is 17.3 Å². The summed E-state index contributed by atoms with van der Waals surface area (Å²) in [6.45, 7) is 0. The van der Waals surface area contributed by atoms with E-state index in [1.807, 2.05) is 12.3 Å². The van der Waals surface area contributed by atoms with Crippen molar-refractivity contribution < 1.29 is 17.6 Å². The maximum atomic E-state index is 13.3.